The van der Waals surface area contributed by atoms with Crippen molar-refractivity contribution in [1.82, 2.24) is 9.78 Å². The molecule has 0 saturated heterocycles. The third kappa shape index (κ3) is 2.51. The van der Waals surface area contributed by atoms with Crippen molar-refractivity contribution in [2.24, 2.45) is 5.73 Å². The first kappa shape index (κ1) is 14.5. The predicted octanol–water partition coefficient (Wildman–Crippen LogP) is 2.80. The Morgan fingerprint density at radius 2 is 2.00 bits per heavy atom. The number of halogens is 2. The molecule has 2 aromatic rings. The van der Waals surface area contributed by atoms with Crippen LogP contribution in [0.5, 0.6) is 5.75 Å². The molecule has 0 spiro atoms. The smallest absolute Gasteiger partial charge is 0.161 e. The monoisotopic (exact) mass is 281 g/mol. The van der Waals surface area contributed by atoms with Crippen LogP contribution in [0.4, 0.5) is 8.78 Å². The van der Waals surface area contributed by atoms with Crippen molar-refractivity contribution in [3.05, 3.63) is 47.3 Å². The molecule has 0 saturated carbocycles. The van der Waals surface area contributed by atoms with Crippen LogP contribution in [0, 0.1) is 11.6 Å². The number of ether oxygens (including phenoxy) is 1. The summed E-state index contributed by atoms with van der Waals surface area (Å²) in [7, 11) is 1.49. The largest absolute Gasteiger partial charge is 0.493 e. The van der Waals surface area contributed by atoms with Crippen LogP contribution in [0.3, 0.4) is 0 Å². The van der Waals surface area contributed by atoms with E-state index in [1.54, 1.807) is 4.68 Å². The number of rotatable bonds is 4. The van der Waals surface area contributed by atoms with Gasteiger partial charge in [0.05, 0.1) is 19.3 Å². The van der Waals surface area contributed by atoms with Crippen molar-refractivity contribution in [2.75, 3.05) is 7.11 Å². The van der Waals surface area contributed by atoms with Crippen LogP contribution in [-0.4, -0.2) is 16.9 Å². The summed E-state index contributed by atoms with van der Waals surface area (Å²) < 4.78 is 34.0. The zero-order valence-corrected chi connectivity index (χ0v) is 11.6. The van der Waals surface area contributed by atoms with E-state index in [0.29, 0.717) is 11.4 Å². The molecule has 1 aromatic heterocycles. The molecular formula is C14H17F2N3O. The van der Waals surface area contributed by atoms with E-state index in [2.05, 4.69) is 5.10 Å². The molecule has 0 fully saturated rings. The zero-order valence-electron chi connectivity index (χ0n) is 11.6. The third-order valence-electron chi connectivity index (χ3n) is 3.10. The van der Waals surface area contributed by atoms with E-state index in [-0.39, 0.29) is 11.6 Å². The van der Waals surface area contributed by atoms with Gasteiger partial charge in [0.15, 0.2) is 5.75 Å². The first-order valence-electron chi connectivity index (χ1n) is 6.27. The van der Waals surface area contributed by atoms with Crippen LogP contribution in [-0.2, 0) is 0 Å². The van der Waals surface area contributed by atoms with Gasteiger partial charge in [-0.05, 0) is 32.0 Å². The zero-order chi connectivity index (χ0) is 14.9. The normalized spacial score (nSPS) is 12.8. The molecule has 1 atom stereocenters. The second kappa shape index (κ2) is 5.58. The highest BCUT2D eigenvalue weighted by molar-refractivity contribution is 5.37. The van der Waals surface area contributed by atoms with Gasteiger partial charge in [0, 0.05) is 11.6 Å². The van der Waals surface area contributed by atoms with Crippen LogP contribution >= 0.6 is 0 Å². The maximum Gasteiger partial charge on any atom is 0.161 e. The van der Waals surface area contributed by atoms with Gasteiger partial charge in [-0.25, -0.2) is 8.78 Å². The molecule has 0 radical (unpaired) electrons. The maximum absolute atomic E-state index is 13.9. The summed E-state index contributed by atoms with van der Waals surface area (Å²) in [4.78, 5) is 0. The molecule has 0 aliphatic heterocycles. The van der Waals surface area contributed by atoms with Crippen molar-refractivity contribution in [1.29, 1.82) is 0 Å². The van der Waals surface area contributed by atoms with Gasteiger partial charge >= 0.3 is 0 Å². The second-order valence-corrected chi connectivity index (χ2v) is 4.78. The maximum atomic E-state index is 13.9. The summed E-state index contributed by atoms with van der Waals surface area (Å²) in [5, 5.41) is 4.18. The Morgan fingerprint density at radius 3 is 2.60 bits per heavy atom. The van der Waals surface area contributed by atoms with Gasteiger partial charge in [-0.15, -0.1) is 0 Å². The molecule has 1 heterocycles. The fraction of sp³-hybridized carbons (Fsp3) is 0.357. The number of aromatic nitrogens is 2. The molecular weight excluding hydrogens is 264 g/mol. The molecule has 2 N–H and O–H groups in total. The Hall–Kier alpha value is -1.95. The average molecular weight is 281 g/mol. The van der Waals surface area contributed by atoms with Crippen molar-refractivity contribution in [3.63, 3.8) is 0 Å². The van der Waals surface area contributed by atoms with E-state index in [4.69, 9.17) is 10.5 Å². The van der Waals surface area contributed by atoms with Gasteiger partial charge in [0.25, 0.3) is 0 Å². The van der Waals surface area contributed by atoms with E-state index in [0.717, 1.165) is 18.2 Å². The molecule has 1 unspecified atom stereocenters. The molecule has 6 heteroatoms. The van der Waals surface area contributed by atoms with Crippen molar-refractivity contribution in [3.8, 4) is 5.75 Å². The number of nitrogens with two attached hydrogens (primary N) is 1. The van der Waals surface area contributed by atoms with Gasteiger partial charge in [0.2, 0.25) is 0 Å². The highest BCUT2D eigenvalue weighted by Crippen LogP contribution is 2.31. The second-order valence-electron chi connectivity index (χ2n) is 4.78. The van der Waals surface area contributed by atoms with Gasteiger partial charge in [-0.1, -0.05) is 0 Å². The summed E-state index contributed by atoms with van der Waals surface area (Å²) in [6.45, 7) is 3.84. The number of methoxy groups -OCH3 is 1. The molecule has 1 aromatic carbocycles. The Morgan fingerprint density at radius 1 is 1.30 bits per heavy atom. The molecule has 20 heavy (non-hydrogen) atoms. The molecule has 0 bridgehead atoms. The quantitative estimate of drug-likeness (QED) is 0.937. The van der Waals surface area contributed by atoms with Crippen molar-refractivity contribution in [2.45, 2.75) is 25.9 Å². The van der Waals surface area contributed by atoms with Crippen LogP contribution in [0.15, 0.2) is 24.4 Å². The lowest BCUT2D eigenvalue weighted by molar-refractivity contribution is 0.399. The first-order chi connectivity index (χ1) is 9.45. The SMILES string of the molecule is COc1cnn(C(C)C)c1C(N)c1cc(F)ccc1F. The fourth-order valence-corrected chi connectivity index (χ4v) is 2.12. The number of hydrogen-bond donors (Lipinski definition) is 1. The Bertz CT molecular complexity index is 610. The molecule has 2 rings (SSSR count). The number of hydrogen-bond acceptors (Lipinski definition) is 3. The van der Waals surface area contributed by atoms with Gasteiger partial charge in [0.1, 0.15) is 17.3 Å². The molecule has 0 aliphatic rings. The summed E-state index contributed by atoms with van der Waals surface area (Å²) in [5.74, 6) is -0.640. The summed E-state index contributed by atoms with van der Waals surface area (Å²) >= 11 is 0. The van der Waals surface area contributed by atoms with E-state index in [1.807, 2.05) is 13.8 Å². The standard InChI is InChI=1S/C14H17F2N3O/c1-8(2)19-14(12(20-3)7-18-19)13(17)10-6-9(15)4-5-11(10)16/h4-8,13H,17H2,1-3H3. The average Bonchev–Trinajstić information content (AvgIpc) is 2.84. The minimum absolute atomic E-state index is 0.0246. The highest BCUT2D eigenvalue weighted by atomic mass is 19.1. The minimum atomic E-state index is -0.856. The third-order valence-corrected chi connectivity index (χ3v) is 3.10. The lowest BCUT2D eigenvalue weighted by atomic mass is 10.0. The summed E-state index contributed by atoms with van der Waals surface area (Å²) in [6.07, 6.45) is 1.52. The number of benzene rings is 1. The molecule has 0 amide bonds. The Labute approximate surface area is 116 Å². The van der Waals surface area contributed by atoms with Crippen molar-refractivity contribution >= 4 is 0 Å². The Balaban J connectivity index is 2.55. The van der Waals surface area contributed by atoms with Gasteiger partial charge in [-0.2, -0.15) is 5.10 Å². The molecule has 0 aliphatic carbocycles. The van der Waals surface area contributed by atoms with E-state index in [1.165, 1.54) is 13.3 Å². The minimum Gasteiger partial charge on any atom is -0.493 e. The van der Waals surface area contributed by atoms with E-state index in [9.17, 15) is 8.78 Å². The van der Waals surface area contributed by atoms with Gasteiger partial charge < -0.3 is 10.5 Å². The Kier molecular flexibility index (Phi) is 4.04. The topological polar surface area (TPSA) is 53.1 Å². The summed E-state index contributed by atoms with van der Waals surface area (Å²) in [6, 6.07) is 2.38. The fourth-order valence-electron chi connectivity index (χ4n) is 2.12. The highest BCUT2D eigenvalue weighted by Gasteiger charge is 2.24. The van der Waals surface area contributed by atoms with Gasteiger partial charge in [-0.3, -0.25) is 4.68 Å². The first-order valence-corrected chi connectivity index (χ1v) is 6.27. The molecule has 108 valence electrons. The van der Waals surface area contributed by atoms with Crippen LogP contribution in [0.2, 0.25) is 0 Å². The number of nitrogens with zero attached hydrogens (tertiary/aromatic N) is 2. The predicted molar refractivity (Wildman–Crippen MR) is 71.6 cm³/mol. The lowest BCUT2D eigenvalue weighted by Crippen LogP contribution is -2.20. The summed E-state index contributed by atoms with van der Waals surface area (Å²) in [5.41, 5.74) is 6.69. The van der Waals surface area contributed by atoms with Crippen LogP contribution in [0.1, 0.15) is 37.2 Å². The van der Waals surface area contributed by atoms with Crippen LogP contribution < -0.4 is 10.5 Å². The van der Waals surface area contributed by atoms with E-state index >= 15 is 0 Å². The van der Waals surface area contributed by atoms with Crippen molar-refractivity contribution < 1.29 is 13.5 Å². The van der Waals surface area contributed by atoms with E-state index < -0.39 is 17.7 Å². The lowest BCUT2D eigenvalue weighted by Gasteiger charge is -2.18. The molecule has 4 nitrogen and oxygen atoms in total. The van der Waals surface area contributed by atoms with Crippen LogP contribution in [0.25, 0.3) is 0 Å².